The second-order valence-corrected chi connectivity index (χ2v) is 5.71. The maximum Gasteiger partial charge on any atom is 0.0469 e. The smallest absolute Gasteiger partial charge is 0.0469 e. The molecular formula is C14H28N2O. The van der Waals surface area contributed by atoms with E-state index in [0.29, 0.717) is 5.54 Å². The topological polar surface area (TPSA) is 24.5 Å². The third-order valence-corrected chi connectivity index (χ3v) is 4.67. The SMILES string of the molecule is CCC1(CC)CN(CC2CCOCC2)CCN1. The van der Waals surface area contributed by atoms with Crippen molar-refractivity contribution < 1.29 is 4.74 Å². The third-order valence-electron chi connectivity index (χ3n) is 4.67. The molecule has 1 N–H and O–H groups in total. The summed E-state index contributed by atoms with van der Waals surface area (Å²) in [6.45, 7) is 11.5. The van der Waals surface area contributed by atoms with Gasteiger partial charge in [-0.2, -0.15) is 0 Å². The van der Waals surface area contributed by atoms with E-state index in [9.17, 15) is 0 Å². The van der Waals surface area contributed by atoms with Gasteiger partial charge in [-0.25, -0.2) is 0 Å². The lowest BCUT2D eigenvalue weighted by Crippen LogP contribution is -2.60. The second kappa shape index (κ2) is 6.17. The highest BCUT2D eigenvalue weighted by atomic mass is 16.5. The van der Waals surface area contributed by atoms with Crippen LogP contribution in [0.25, 0.3) is 0 Å². The van der Waals surface area contributed by atoms with Crippen molar-refractivity contribution in [2.75, 3.05) is 39.4 Å². The van der Waals surface area contributed by atoms with E-state index >= 15 is 0 Å². The highest BCUT2D eigenvalue weighted by Crippen LogP contribution is 2.23. The zero-order valence-electron chi connectivity index (χ0n) is 11.5. The van der Waals surface area contributed by atoms with Crippen LogP contribution >= 0.6 is 0 Å². The molecule has 2 heterocycles. The number of hydrogen-bond donors (Lipinski definition) is 1. The van der Waals surface area contributed by atoms with Crippen LogP contribution in [-0.4, -0.2) is 49.8 Å². The molecule has 0 aromatic heterocycles. The highest BCUT2D eigenvalue weighted by Gasteiger charge is 2.32. The van der Waals surface area contributed by atoms with Crippen molar-refractivity contribution in [1.29, 1.82) is 0 Å². The number of hydrogen-bond acceptors (Lipinski definition) is 3. The third kappa shape index (κ3) is 3.43. The average Bonchev–Trinajstić information content (AvgIpc) is 2.40. The summed E-state index contributed by atoms with van der Waals surface area (Å²) in [5.74, 6) is 0.869. The molecule has 0 aliphatic carbocycles. The van der Waals surface area contributed by atoms with Crippen molar-refractivity contribution in [1.82, 2.24) is 10.2 Å². The van der Waals surface area contributed by atoms with E-state index in [2.05, 4.69) is 24.1 Å². The van der Waals surface area contributed by atoms with Crippen LogP contribution in [0.1, 0.15) is 39.5 Å². The van der Waals surface area contributed by atoms with Crippen molar-refractivity contribution in [2.45, 2.75) is 45.1 Å². The van der Waals surface area contributed by atoms with Gasteiger partial charge in [-0.1, -0.05) is 13.8 Å². The lowest BCUT2D eigenvalue weighted by molar-refractivity contribution is 0.0392. The normalized spacial score (nSPS) is 27.2. The molecule has 0 amide bonds. The van der Waals surface area contributed by atoms with Crippen LogP contribution < -0.4 is 5.32 Å². The Hall–Kier alpha value is -0.120. The summed E-state index contributed by atoms with van der Waals surface area (Å²) in [5, 5.41) is 3.73. The van der Waals surface area contributed by atoms with Gasteiger partial charge in [-0.15, -0.1) is 0 Å². The number of nitrogens with one attached hydrogen (secondary N) is 1. The van der Waals surface area contributed by atoms with Gasteiger partial charge >= 0.3 is 0 Å². The molecule has 3 heteroatoms. The van der Waals surface area contributed by atoms with E-state index in [1.54, 1.807) is 0 Å². The molecule has 3 nitrogen and oxygen atoms in total. The lowest BCUT2D eigenvalue weighted by Gasteiger charge is -2.44. The minimum Gasteiger partial charge on any atom is -0.381 e. The molecule has 0 aromatic carbocycles. The Morgan fingerprint density at radius 2 is 1.94 bits per heavy atom. The van der Waals surface area contributed by atoms with Crippen LogP contribution in [0, 0.1) is 5.92 Å². The lowest BCUT2D eigenvalue weighted by atomic mass is 9.89. The summed E-state index contributed by atoms with van der Waals surface area (Å²) in [5.41, 5.74) is 0.378. The first kappa shape index (κ1) is 13.3. The summed E-state index contributed by atoms with van der Waals surface area (Å²) in [7, 11) is 0. The van der Waals surface area contributed by atoms with Crippen molar-refractivity contribution in [2.24, 2.45) is 5.92 Å². The molecule has 0 atom stereocenters. The molecule has 0 bridgehead atoms. The predicted molar refractivity (Wildman–Crippen MR) is 71.3 cm³/mol. The molecule has 0 aromatic rings. The molecule has 100 valence electrons. The van der Waals surface area contributed by atoms with E-state index < -0.39 is 0 Å². The zero-order valence-corrected chi connectivity index (χ0v) is 11.5. The molecule has 2 saturated heterocycles. The summed E-state index contributed by atoms with van der Waals surface area (Å²) in [4.78, 5) is 2.68. The fourth-order valence-electron chi connectivity index (χ4n) is 3.22. The molecule has 0 saturated carbocycles. The van der Waals surface area contributed by atoms with E-state index in [0.717, 1.165) is 25.7 Å². The molecule has 17 heavy (non-hydrogen) atoms. The van der Waals surface area contributed by atoms with Crippen molar-refractivity contribution in [3.05, 3.63) is 0 Å². The number of ether oxygens (including phenoxy) is 1. The number of nitrogens with zero attached hydrogens (tertiary/aromatic N) is 1. The Kier molecular flexibility index (Phi) is 4.83. The van der Waals surface area contributed by atoms with E-state index in [4.69, 9.17) is 4.74 Å². The molecule has 0 unspecified atom stereocenters. The molecule has 2 rings (SSSR count). The van der Waals surface area contributed by atoms with Gasteiger partial charge < -0.3 is 10.1 Å². The van der Waals surface area contributed by atoms with E-state index in [-0.39, 0.29) is 0 Å². The fraction of sp³-hybridized carbons (Fsp3) is 1.00. The summed E-state index contributed by atoms with van der Waals surface area (Å²) < 4.78 is 5.44. The number of piperazine rings is 1. The summed E-state index contributed by atoms with van der Waals surface area (Å²) >= 11 is 0. The molecule has 2 aliphatic heterocycles. The first-order valence-electron chi connectivity index (χ1n) is 7.33. The standard InChI is InChI=1S/C14H28N2O/c1-3-14(4-2)12-16(8-7-15-14)11-13-5-9-17-10-6-13/h13,15H,3-12H2,1-2H3. The first-order chi connectivity index (χ1) is 8.28. The Labute approximate surface area is 106 Å². The van der Waals surface area contributed by atoms with Crippen LogP contribution in [0.3, 0.4) is 0 Å². The fourth-order valence-corrected chi connectivity index (χ4v) is 3.22. The van der Waals surface area contributed by atoms with Crippen LogP contribution in [0.15, 0.2) is 0 Å². The van der Waals surface area contributed by atoms with Crippen molar-refractivity contribution in [3.63, 3.8) is 0 Å². The molecule has 2 fully saturated rings. The second-order valence-electron chi connectivity index (χ2n) is 5.71. The minimum atomic E-state index is 0.378. The summed E-state index contributed by atoms with van der Waals surface area (Å²) in [6.07, 6.45) is 5.01. The Morgan fingerprint density at radius 3 is 2.59 bits per heavy atom. The average molecular weight is 240 g/mol. The van der Waals surface area contributed by atoms with Crippen LogP contribution in [0.5, 0.6) is 0 Å². The van der Waals surface area contributed by atoms with Crippen LogP contribution in [-0.2, 0) is 4.74 Å². The van der Waals surface area contributed by atoms with Crippen molar-refractivity contribution >= 4 is 0 Å². The van der Waals surface area contributed by atoms with Crippen LogP contribution in [0.2, 0.25) is 0 Å². The van der Waals surface area contributed by atoms with Gasteiger partial charge in [0.05, 0.1) is 0 Å². The van der Waals surface area contributed by atoms with Crippen LogP contribution in [0.4, 0.5) is 0 Å². The monoisotopic (exact) mass is 240 g/mol. The van der Waals surface area contributed by atoms with Gasteiger partial charge in [-0.05, 0) is 31.6 Å². The van der Waals surface area contributed by atoms with E-state index in [1.165, 1.54) is 45.3 Å². The Morgan fingerprint density at radius 1 is 1.24 bits per heavy atom. The summed E-state index contributed by atoms with van der Waals surface area (Å²) in [6, 6.07) is 0. The van der Waals surface area contributed by atoms with Gasteiger partial charge in [-0.3, -0.25) is 4.90 Å². The highest BCUT2D eigenvalue weighted by molar-refractivity contribution is 4.93. The predicted octanol–water partition coefficient (Wildman–Crippen LogP) is 1.88. The van der Waals surface area contributed by atoms with Gasteiger partial charge in [0.15, 0.2) is 0 Å². The first-order valence-corrected chi connectivity index (χ1v) is 7.33. The van der Waals surface area contributed by atoms with Crippen molar-refractivity contribution in [3.8, 4) is 0 Å². The Bertz CT molecular complexity index is 222. The maximum absolute atomic E-state index is 5.44. The van der Waals surface area contributed by atoms with Gasteiger partial charge in [0.1, 0.15) is 0 Å². The number of rotatable bonds is 4. The largest absolute Gasteiger partial charge is 0.381 e. The molecule has 2 aliphatic rings. The zero-order chi connectivity index (χ0) is 12.1. The molecule has 0 spiro atoms. The van der Waals surface area contributed by atoms with Gasteiger partial charge in [0.2, 0.25) is 0 Å². The molecular weight excluding hydrogens is 212 g/mol. The van der Waals surface area contributed by atoms with Gasteiger partial charge in [0, 0.05) is 44.9 Å². The minimum absolute atomic E-state index is 0.378. The maximum atomic E-state index is 5.44. The Balaban J connectivity index is 1.84. The van der Waals surface area contributed by atoms with Gasteiger partial charge in [0.25, 0.3) is 0 Å². The van der Waals surface area contributed by atoms with E-state index in [1.807, 2.05) is 0 Å². The quantitative estimate of drug-likeness (QED) is 0.812. The molecule has 0 radical (unpaired) electrons.